The quantitative estimate of drug-likeness (QED) is 0.697. The van der Waals surface area contributed by atoms with Gasteiger partial charge in [0.25, 0.3) is 0 Å². The van der Waals surface area contributed by atoms with Crippen molar-refractivity contribution in [1.82, 2.24) is 9.97 Å². The molecule has 0 aliphatic carbocycles. The first-order valence-electron chi connectivity index (χ1n) is 5.02. The lowest BCUT2D eigenvalue weighted by atomic mass is 10.2. The first-order chi connectivity index (χ1) is 7.36. The summed E-state index contributed by atoms with van der Waals surface area (Å²) in [6.45, 7) is 1.05. The van der Waals surface area contributed by atoms with Crippen molar-refractivity contribution in [2.45, 2.75) is 17.7 Å². The molecule has 2 atom stereocenters. The number of thioether (sulfide) groups is 1. The highest BCUT2D eigenvalue weighted by atomic mass is 32.2. The van der Waals surface area contributed by atoms with E-state index in [9.17, 15) is 4.79 Å². The first kappa shape index (κ1) is 9.15. The molecule has 3 heterocycles. The van der Waals surface area contributed by atoms with Gasteiger partial charge in [-0.05, 0) is 6.42 Å². The molecule has 15 heavy (non-hydrogen) atoms. The molecular formula is C10H11N3OS. The molecule has 2 aliphatic rings. The minimum atomic E-state index is 0.539. The predicted molar refractivity (Wildman–Crippen MR) is 59.4 cm³/mol. The van der Waals surface area contributed by atoms with Crippen molar-refractivity contribution >= 4 is 24.0 Å². The number of rotatable bonds is 2. The number of aromatic nitrogens is 2. The highest BCUT2D eigenvalue weighted by Gasteiger charge is 2.39. The van der Waals surface area contributed by atoms with E-state index in [1.807, 2.05) is 11.8 Å². The van der Waals surface area contributed by atoms with E-state index < -0.39 is 0 Å². The summed E-state index contributed by atoms with van der Waals surface area (Å²) in [4.78, 5) is 21.2. The zero-order chi connectivity index (χ0) is 10.3. The van der Waals surface area contributed by atoms with Crippen molar-refractivity contribution in [3.8, 4) is 0 Å². The fourth-order valence-corrected chi connectivity index (χ4v) is 3.62. The van der Waals surface area contributed by atoms with Crippen LogP contribution >= 0.6 is 11.8 Å². The molecule has 5 heteroatoms. The second-order valence-corrected chi connectivity index (χ2v) is 5.26. The number of carbonyl (C=O) groups excluding carboxylic acids is 1. The topological polar surface area (TPSA) is 46.1 Å². The lowest BCUT2D eigenvalue weighted by molar-refractivity contribution is 0.112. The van der Waals surface area contributed by atoms with E-state index in [1.165, 1.54) is 12.2 Å². The van der Waals surface area contributed by atoms with Crippen molar-refractivity contribution in [3.63, 3.8) is 0 Å². The summed E-state index contributed by atoms with van der Waals surface area (Å²) in [5.41, 5.74) is 0.539. The molecular weight excluding hydrogens is 210 g/mol. The zero-order valence-corrected chi connectivity index (χ0v) is 8.98. The van der Waals surface area contributed by atoms with Gasteiger partial charge in [-0.15, -0.1) is 0 Å². The molecule has 0 aromatic carbocycles. The van der Waals surface area contributed by atoms with Crippen LogP contribution in [0.15, 0.2) is 12.4 Å². The molecule has 1 aromatic rings. The van der Waals surface area contributed by atoms with Gasteiger partial charge in [0.1, 0.15) is 0 Å². The molecule has 2 aliphatic heterocycles. The summed E-state index contributed by atoms with van der Waals surface area (Å²) in [7, 11) is 0. The Morgan fingerprint density at radius 2 is 2.27 bits per heavy atom. The molecule has 2 bridgehead atoms. The van der Waals surface area contributed by atoms with Crippen LogP contribution in [0.5, 0.6) is 0 Å². The third kappa shape index (κ3) is 1.51. The zero-order valence-electron chi connectivity index (χ0n) is 8.17. The fourth-order valence-electron chi connectivity index (χ4n) is 2.18. The van der Waals surface area contributed by atoms with Gasteiger partial charge in [-0.25, -0.2) is 9.97 Å². The number of anilines is 1. The van der Waals surface area contributed by atoms with Crippen molar-refractivity contribution in [3.05, 3.63) is 18.0 Å². The summed E-state index contributed by atoms with van der Waals surface area (Å²) in [6.07, 6.45) is 5.21. The van der Waals surface area contributed by atoms with Gasteiger partial charge in [0, 0.05) is 36.0 Å². The minimum Gasteiger partial charge on any atom is -0.336 e. The molecule has 78 valence electrons. The number of fused-ring (bicyclic) bond motifs is 2. The van der Waals surface area contributed by atoms with Gasteiger partial charge in [-0.2, -0.15) is 11.8 Å². The predicted octanol–water partition coefficient (Wildman–Crippen LogP) is 0.983. The molecule has 2 unspecified atom stereocenters. The maximum absolute atomic E-state index is 10.5. The SMILES string of the molecule is O=Cc1cnc(N2CC3CC2CS3)nc1. The maximum Gasteiger partial charge on any atom is 0.225 e. The van der Waals surface area contributed by atoms with Crippen LogP contribution in [0.25, 0.3) is 0 Å². The van der Waals surface area contributed by atoms with E-state index in [1.54, 1.807) is 12.4 Å². The second-order valence-electron chi connectivity index (χ2n) is 3.93. The van der Waals surface area contributed by atoms with Crippen LogP contribution in [0.4, 0.5) is 5.95 Å². The Hall–Kier alpha value is -1.10. The van der Waals surface area contributed by atoms with E-state index >= 15 is 0 Å². The molecule has 0 spiro atoms. The van der Waals surface area contributed by atoms with Crippen LogP contribution in [-0.4, -0.2) is 39.8 Å². The molecule has 0 saturated carbocycles. The van der Waals surface area contributed by atoms with Crippen LogP contribution in [0.2, 0.25) is 0 Å². The summed E-state index contributed by atoms with van der Waals surface area (Å²) < 4.78 is 0. The summed E-state index contributed by atoms with van der Waals surface area (Å²) >= 11 is 2.04. The third-order valence-corrected chi connectivity index (χ3v) is 4.34. The van der Waals surface area contributed by atoms with Gasteiger partial charge in [-0.1, -0.05) is 0 Å². The van der Waals surface area contributed by atoms with Crippen molar-refractivity contribution in [1.29, 1.82) is 0 Å². The van der Waals surface area contributed by atoms with E-state index in [2.05, 4.69) is 14.9 Å². The Labute approximate surface area is 92.1 Å². The van der Waals surface area contributed by atoms with Gasteiger partial charge in [0.05, 0.1) is 5.56 Å². The monoisotopic (exact) mass is 221 g/mol. The van der Waals surface area contributed by atoms with Crippen molar-refractivity contribution in [2.75, 3.05) is 17.2 Å². The Bertz CT molecular complexity index is 381. The van der Waals surface area contributed by atoms with Crippen LogP contribution in [-0.2, 0) is 0 Å². The van der Waals surface area contributed by atoms with Crippen LogP contribution in [0.3, 0.4) is 0 Å². The Balaban J connectivity index is 1.84. The molecule has 0 amide bonds. The molecule has 0 N–H and O–H groups in total. The molecule has 0 radical (unpaired) electrons. The lowest BCUT2D eigenvalue weighted by Gasteiger charge is -2.26. The number of aldehydes is 1. The van der Waals surface area contributed by atoms with E-state index in [0.29, 0.717) is 11.6 Å². The van der Waals surface area contributed by atoms with Gasteiger partial charge in [0.15, 0.2) is 6.29 Å². The molecule has 2 fully saturated rings. The first-order valence-corrected chi connectivity index (χ1v) is 6.07. The molecule has 1 aromatic heterocycles. The van der Waals surface area contributed by atoms with E-state index in [4.69, 9.17) is 0 Å². The largest absolute Gasteiger partial charge is 0.336 e. The molecule has 4 nitrogen and oxygen atoms in total. The standard InChI is InChI=1S/C10H11N3OS/c14-5-7-2-11-10(12-3-7)13-4-9-1-8(13)6-15-9/h2-3,5,8-9H,1,4,6H2. The summed E-state index contributed by atoms with van der Waals surface area (Å²) in [5, 5.41) is 0.754. The minimum absolute atomic E-state index is 0.539. The highest BCUT2D eigenvalue weighted by Crippen LogP contribution is 2.38. The average molecular weight is 221 g/mol. The van der Waals surface area contributed by atoms with Crippen molar-refractivity contribution in [2.24, 2.45) is 0 Å². The average Bonchev–Trinajstić information content (AvgIpc) is 2.91. The Kier molecular flexibility index (Phi) is 2.12. The van der Waals surface area contributed by atoms with Gasteiger partial charge < -0.3 is 4.90 Å². The lowest BCUT2D eigenvalue weighted by Crippen LogP contribution is -2.35. The summed E-state index contributed by atoms with van der Waals surface area (Å²) in [6, 6.07) is 0.599. The summed E-state index contributed by atoms with van der Waals surface area (Å²) in [5.74, 6) is 1.96. The molecule has 2 saturated heterocycles. The number of carbonyl (C=O) groups is 1. The van der Waals surface area contributed by atoms with Gasteiger partial charge >= 0.3 is 0 Å². The number of nitrogens with zero attached hydrogens (tertiary/aromatic N) is 3. The Morgan fingerprint density at radius 1 is 1.47 bits per heavy atom. The van der Waals surface area contributed by atoms with Gasteiger partial charge in [0.2, 0.25) is 5.95 Å². The highest BCUT2D eigenvalue weighted by molar-refractivity contribution is 8.00. The molecule has 3 rings (SSSR count). The van der Waals surface area contributed by atoms with E-state index in [-0.39, 0.29) is 0 Å². The third-order valence-electron chi connectivity index (χ3n) is 2.95. The normalized spacial score (nSPS) is 28.4. The van der Waals surface area contributed by atoms with Crippen LogP contribution in [0, 0.1) is 0 Å². The van der Waals surface area contributed by atoms with Crippen LogP contribution in [0.1, 0.15) is 16.8 Å². The maximum atomic E-state index is 10.5. The van der Waals surface area contributed by atoms with Gasteiger partial charge in [-0.3, -0.25) is 4.79 Å². The van der Waals surface area contributed by atoms with Crippen molar-refractivity contribution < 1.29 is 4.79 Å². The second kappa shape index (κ2) is 3.48. The smallest absolute Gasteiger partial charge is 0.225 e. The fraction of sp³-hybridized carbons (Fsp3) is 0.500. The van der Waals surface area contributed by atoms with E-state index in [0.717, 1.165) is 24.0 Å². The Morgan fingerprint density at radius 3 is 2.80 bits per heavy atom. The number of hydrogen-bond acceptors (Lipinski definition) is 5. The number of hydrogen-bond donors (Lipinski definition) is 0. The van der Waals surface area contributed by atoms with Crippen LogP contribution < -0.4 is 4.90 Å².